The fraction of sp³-hybridized carbons (Fsp3) is 0.250. The van der Waals surface area contributed by atoms with Crippen molar-refractivity contribution in [3.05, 3.63) is 17.8 Å². The summed E-state index contributed by atoms with van der Waals surface area (Å²) in [5, 5.41) is 0. The van der Waals surface area contributed by atoms with E-state index in [1.54, 1.807) is 0 Å². The Labute approximate surface area is 85.6 Å². The summed E-state index contributed by atoms with van der Waals surface area (Å²) in [7, 11) is 6.45. The van der Waals surface area contributed by atoms with Gasteiger partial charge in [-0.3, -0.25) is 0 Å². The summed E-state index contributed by atoms with van der Waals surface area (Å²) in [5.74, 6) is -1.25. The Balaban J connectivity index is 2.99. The second-order valence-corrected chi connectivity index (χ2v) is 2.46. The molecular weight excluding hydrogens is 207 g/mol. The molecule has 0 aliphatic rings. The number of carbonyl (C=O) groups excluding carboxylic acids is 1. The summed E-state index contributed by atoms with van der Waals surface area (Å²) >= 11 is 0. The van der Waals surface area contributed by atoms with Gasteiger partial charge in [-0.2, -0.15) is 8.78 Å². The highest BCUT2D eigenvalue weighted by Crippen LogP contribution is 2.08. The lowest BCUT2D eigenvalue weighted by Crippen LogP contribution is -2.17. The number of esters is 1. The zero-order chi connectivity index (χ0) is 11.4. The highest BCUT2D eigenvalue weighted by atomic mass is 19.3. The Bertz CT molecular complexity index is 373. The van der Waals surface area contributed by atoms with Gasteiger partial charge in [-0.1, -0.05) is 6.07 Å². The molecule has 0 saturated carbocycles. The highest BCUT2D eigenvalue weighted by molar-refractivity contribution is 6.34. The SMILES string of the molecule is [B]c1ccc(C(=O)OC)nc1OC(F)F. The molecule has 0 aromatic carbocycles. The second kappa shape index (κ2) is 4.72. The lowest BCUT2D eigenvalue weighted by atomic mass is 9.97. The van der Waals surface area contributed by atoms with Crippen LogP contribution in [0.4, 0.5) is 8.78 Å². The maximum atomic E-state index is 11.9. The van der Waals surface area contributed by atoms with Crippen molar-refractivity contribution < 1.29 is 23.0 Å². The van der Waals surface area contributed by atoms with E-state index in [-0.39, 0.29) is 11.2 Å². The van der Waals surface area contributed by atoms with Gasteiger partial charge in [0.2, 0.25) is 5.88 Å². The number of ether oxygens (including phenoxy) is 2. The van der Waals surface area contributed by atoms with E-state index in [0.29, 0.717) is 0 Å². The van der Waals surface area contributed by atoms with Crippen molar-refractivity contribution in [2.45, 2.75) is 6.61 Å². The maximum absolute atomic E-state index is 11.9. The number of pyridine rings is 1. The molecule has 78 valence electrons. The summed E-state index contributed by atoms with van der Waals surface area (Å²) in [6.45, 7) is -3.05. The normalized spacial score (nSPS) is 10.1. The number of hydrogen-bond acceptors (Lipinski definition) is 4. The van der Waals surface area contributed by atoms with E-state index in [4.69, 9.17) is 7.85 Å². The molecule has 1 heterocycles. The van der Waals surface area contributed by atoms with Crippen molar-refractivity contribution in [1.29, 1.82) is 0 Å². The van der Waals surface area contributed by atoms with Crippen molar-refractivity contribution in [2.75, 3.05) is 7.11 Å². The Hall–Kier alpha value is -1.66. The molecule has 0 aliphatic heterocycles. The van der Waals surface area contributed by atoms with E-state index in [1.807, 2.05) is 0 Å². The number of aromatic nitrogens is 1. The van der Waals surface area contributed by atoms with Gasteiger partial charge in [-0.05, 0) is 11.5 Å². The molecule has 1 rings (SSSR count). The first-order valence-electron chi connectivity index (χ1n) is 3.84. The van der Waals surface area contributed by atoms with Crippen LogP contribution in [0.2, 0.25) is 0 Å². The van der Waals surface area contributed by atoms with E-state index >= 15 is 0 Å². The number of rotatable bonds is 3. The van der Waals surface area contributed by atoms with Crippen LogP contribution in [-0.2, 0) is 4.74 Å². The molecule has 0 spiro atoms. The topological polar surface area (TPSA) is 48.4 Å². The molecule has 7 heteroatoms. The van der Waals surface area contributed by atoms with E-state index in [0.717, 1.165) is 7.11 Å². The third-order valence-electron chi connectivity index (χ3n) is 1.48. The monoisotopic (exact) mass is 213 g/mol. The Morgan fingerprint density at radius 1 is 1.53 bits per heavy atom. The molecule has 0 bridgehead atoms. The van der Waals surface area contributed by atoms with Gasteiger partial charge in [0.15, 0.2) is 5.69 Å². The van der Waals surface area contributed by atoms with Gasteiger partial charge in [0.05, 0.1) is 7.11 Å². The summed E-state index contributed by atoms with van der Waals surface area (Å²) in [5.41, 5.74) is -0.231. The Morgan fingerprint density at radius 2 is 2.20 bits per heavy atom. The van der Waals surface area contributed by atoms with Gasteiger partial charge in [0, 0.05) is 0 Å². The van der Waals surface area contributed by atoms with Gasteiger partial charge in [-0.25, -0.2) is 9.78 Å². The average molecular weight is 213 g/mol. The summed E-state index contributed by atoms with van der Waals surface area (Å²) in [6.07, 6.45) is 0. The molecule has 0 saturated heterocycles. The van der Waals surface area contributed by atoms with Crippen molar-refractivity contribution in [1.82, 2.24) is 4.98 Å². The Morgan fingerprint density at radius 3 is 2.73 bits per heavy atom. The molecule has 0 aliphatic carbocycles. The number of hydrogen-bond donors (Lipinski definition) is 0. The molecular formula is C8H6BF2NO3. The van der Waals surface area contributed by atoms with Crippen LogP contribution >= 0.6 is 0 Å². The highest BCUT2D eigenvalue weighted by Gasteiger charge is 2.13. The molecule has 4 nitrogen and oxygen atoms in total. The second-order valence-electron chi connectivity index (χ2n) is 2.46. The van der Waals surface area contributed by atoms with Crippen molar-refractivity contribution in [2.24, 2.45) is 0 Å². The van der Waals surface area contributed by atoms with Gasteiger partial charge in [0.25, 0.3) is 0 Å². The minimum absolute atomic E-state index is 0.0806. The summed E-state index contributed by atoms with van der Waals surface area (Å²) < 4.78 is 32.1. The van der Waals surface area contributed by atoms with E-state index in [1.165, 1.54) is 12.1 Å². The van der Waals surface area contributed by atoms with Crippen LogP contribution in [0.3, 0.4) is 0 Å². The molecule has 1 aromatic rings. The van der Waals surface area contributed by atoms with Gasteiger partial charge >= 0.3 is 12.6 Å². The smallest absolute Gasteiger partial charge is 0.388 e. The third-order valence-corrected chi connectivity index (χ3v) is 1.48. The lowest BCUT2D eigenvalue weighted by Gasteiger charge is -2.07. The van der Waals surface area contributed by atoms with Crippen molar-refractivity contribution >= 4 is 19.3 Å². The first kappa shape index (κ1) is 11.4. The zero-order valence-electron chi connectivity index (χ0n) is 7.74. The first-order chi connectivity index (χ1) is 7.04. The minimum Gasteiger partial charge on any atom is -0.464 e. The van der Waals surface area contributed by atoms with Gasteiger partial charge in [-0.15, -0.1) is 0 Å². The zero-order valence-corrected chi connectivity index (χ0v) is 7.74. The van der Waals surface area contributed by atoms with Crippen LogP contribution in [0.25, 0.3) is 0 Å². The largest absolute Gasteiger partial charge is 0.464 e. The lowest BCUT2D eigenvalue weighted by molar-refractivity contribution is -0.0522. The van der Waals surface area contributed by atoms with Crippen LogP contribution in [0.1, 0.15) is 10.5 Å². The number of alkyl halides is 2. The van der Waals surface area contributed by atoms with Crippen LogP contribution in [0.15, 0.2) is 12.1 Å². The molecule has 0 N–H and O–H groups in total. The minimum atomic E-state index is -3.05. The first-order valence-corrected chi connectivity index (χ1v) is 3.84. The number of halogens is 2. The average Bonchev–Trinajstić information content (AvgIpc) is 2.19. The fourth-order valence-electron chi connectivity index (χ4n) is 0.848. The number of methoxy groups -OCH3 is 1. The summed E-state index contributed by atoms with van der Waals surface area (Å²) in [6, 6.07) is 2.48. The molecule has 0 amide bonds. The van der Waals surface area contributed by atoms with Crippen molar-refractivity contribution in [3.63, 3.8) is 0 Å². The third kappa shape index (κ3) is 2.90. The van der Waals surface area contributed by atoms with Gasteiger partial charge in [0.1, 0.15) is 7.85 Å². The Kier molecular flexibility index (Phi) is 3.59. The molecule has 15 heavy (non-hydrogen) atoms. The molecule has 0 unspecified atom stereocenters. The van der Waals surface area contributed by atoms with Gasteiger partial charge < -0.3 is 9.47 Å². The molecule has 0 fully saturated rings. The van der Waals surface area contributed by atoms with Crippen LogP contribution in [0, 0.1) is 0 Å². The molecule has 1 aromatic heterocycles. The standard InChI is InChI=1S/C8H6BF2NO3/c1-14-7(13)5-3-2-4(9)6(12-5)15-8(10)11/h2-3,8H,1H3. The number of nitrogens with zero attached hydrogens (tertiary/aromatic N) is 1. The van der Waals surface area contributed by atoms with Crippen LogP contribution in [-0.4, -0.2) is 32.5 Å². The quantitative estimate of drug-likeness (QED) is 0.533. The summed E-state index contributed by atoms with van der Waals surface area (Å²) in [4.78, 5) is 14.5. The number of carbonyl (C=O) groups is 1. The van der Waals surface area contributed by atoms with Crippen LogP contribution < -0.4 is 10.2 Å². The van der Waals surface area contributed by atoms with E-state index in [9.17, 15) is 13.6 Å². The molecule has 0 atom stereocenters. The predicted molar refractivity (Wildman–Crippen MR) is 47.6 cm³/mol. The van der Waals surface area contributed by atoms with Crippen LogP contribution in [0.5, 0.6) is 5.88 Å². The fourth-order valence-corrected chi connectivity index (χ4v) is 0.848. The maximum Gasteiger partial charge on any atom is 0.388 e. The van der Waals surface area contributed by atoms with E-state index in [2.05, 4.69) is 14.5 Å². The van der Waals surface area contributed by atoms with Crippen molar-refractivity contribution in [3.8, 4) is 5.88 Å². The van der Waals surface area contributed by atoms with E-state index < -0.39 is 18.5 Å². The predicted octanol–water partition coefficient (Wildman–Crippen LogP) is 0.263. The molecule has 2 radical (unpaired) electrons.